The zero-order chi connectivity index (χ0) is 12.3. The van der Waals surface area contributed by atoms with Crippen molar-refractivity contribution >= 4 is 12.0 Å². The van der Waals surface area contributed by atoms with Crippen LogP contribution in [0.4, 0.5) is 4.79 Å². The molecule has 16 heavy (non-hydrogen) atoms. The van der Waals surface area contributed by atoms with Gasteiger partial charge in [-0.05, 0) is 26.7 Å². The summed E-state index contributed by atoms with van der Waals surface area (Å²) < 4.78 is 0. The largest absolute Gasteiger partial charge is 0.481 e. The van der Waals surface area contributed by atoms with Gasteiger partial charge in [-0.1, -0.05) is 0 Å². The van der Waals surface area contributed by atoms with Crippen LogP contribution in [0.1, 0.15) is 33.1 Å². The Morgan fingerprint density at radius 2 is 2.12 bits per heavy atom. The van der Waals surface area contributed by atoms with Crippen LogP contribution >= 0.6 is 0 Å². The van der Waals surface area contributed by atoms with Gasteiger partial charge in [0.1, 0.15) is 0 Å². The summed E-state index contributed by atoms with van der Waals surface area (Å²) in [6, 6.07) is -0.0523. The summed E-state index contributed by atoms with van der Waals surface area (Å²) in [5.41, 5.74) is 0. The highest BCUT2D eigenvalue weighted by Gasteiger charge is 2.32. The predicted molar refractivity (Wildman–Crippen MR) is 60.3 cm³/mol. The van der Waals surface area contributed by atoms with E-state index in [0.717, 1.165) is 12.8 Å². The minimum atomic E-state index is -0.836. The second kappa shape index (κ2) is 5.18. The van der Waals surface area contributed by atoms with Crippen LogP contribution in [0.25, 0.3) is 0 Å². The molecular weight excluding hydrogens is 208 g/mol. The number of carbonyl (C=O) groups is 2. The molecule has 1 fully saturated rings. The number of carboxylic acids is 1. The van der Waals surface area contributed by atoms with E-state index in [-0.39, 0.29) is 24.5 Å². The van der Waals surface area contributed by atoms with Crippen LogP contribution in [-0.2, 0) is 4.79 Å². The van der Waals surface area contributed by atoms with Gasteiger partial charge in [0.15, 0.2) is 0 Å². The fourth-order valence-electron chi connectivity index (χ4n) is 1.92. The van der Waals surface area contributed by atoms with Crippen LogP contribution in [0, 0.1) is 0 Å². The Kier molecular flexibility index (Phi) is 4.15. The summed E-state index contributed by atoms with van der Waals surface area (Å²) in [7, 11) is 1.75. The molecule has 0 bridgehead atoms. The zero-order valence-corrected chi connectivity index (χ0v) is 10.1. The van der Waals surface area contributed by atoms with Crippen molar-refractivity contribution in [1.29, 1.82) is 0 Å². The lowest BCUT2D eigenvalue weighted by Crippen LogP contribution is -2.46. The van der Waals surface area contributed by atoms with Crippen molar-refractivity contribution in [3.8, 4) is 0 Å². The van der Waals surface area contributed by atoms with Gasteiger partial charge in [-0.25, -0.2) is 4.79 Å². The summed E-state index contributed by atoms with van der Waals surface area (Å²) in [5, 5.41) is 8.77. The smallest absolute Gasteiger partial charge is 0.320 e. The van der Waals surface area contributed by atoms with Crippen LogP contribution in [0.15, 0.2) is 0 Å². The lowest BCUT2D eigenvalue weighted by molar-refractivity contribution is -0.138. The molecule has 0 spiro atoms. The summed E-state index contributed by atoms with van der Waals surface area (Å²) in [4.78, 5) is 26.1. The number of urea groups is 1. The maximum atomic E-state index is 12.0. The maximum absolute atomic E-state index is 12.0. The molecule has 5 heteroatoms. The molecule has 1 heterocycles. The highest BCUT2D eigenvalue weighted by Crippen LogP contribution is 2.21. The molecule has 0 aromatic rings. The Bertz CT molecular complexity index is 278. The average molecular weight is 228 g/mol. The van der Waals surface area contributed by atoms with E-state index in [1.807, 2.05) is 13.8 Å². The van der Waals surface area contributed by atoms with Gasteiger partial charge >= 0.3 is 12.0 Å². The molecule has 1 atom stereocenters. The van der Waals surface area contributed by atoms with Crippen molar-refractivity contribution in [2.75, 3.05) is 13.6 Å². The normalized spacial score (nSPS) is 20.2. The fraction of sp³-hybridized carbons (Fsp3) is 0.818. The predicted octanol–water partition coefficient (Wildman–Crippen LogP) is 1.39. The standard InChI is InChI=1S/C11H20N2O3/c1-8(2)12(3)11(16)13-6-4-5-9(13)7-10(14)15/h8-9H,4-7H2,1-3H3,(H,14,15). The van der Waals surface area contributed by atoms with E-state index in [1.54, 1.807) is 16.8 Å². The number of rotatable bonds is 3. The Morgan fingerprint density at radius 1 is 1.50 bits per heavy atom. The number of hydrogen-bond acceptors (Lipinski definition) is 2. The molecule has 1 unspecified atom stereocenters. The first kappa shape index (κ1) is 12.8. The highest BCUT2D eigenvalue weighted by atomic mass is 16.4. The molecule has 0 saturated carbocycles. The topological polar surface area (TPSA) is 60.9 Å². The third-order valence-electron chi connectivity index (χ3n) is 3.11. The molecule has 1 aliphatic rings. The van der Waals surface area contributed by atoms with Crippen LogP contribution in [0.3, 0.4) is 0 Å². The molecule has 92 valence electrons. The van der Waals surface area contributed by atoms with E-state index in [1.165, 1.54) is 0 Å². The van der Waals surface area contributed by atoms with Crippen molar-refractivity contribution in [3.05, 3.63) is 0 Å². The van der Waals surface area contributed by atoms with Crippen LogP contribution < -0.4 is 0 Å². The molecule has 1 rings (SSSR count). The Hall–Kier alpha value is -1.26. The first-order valence-corrected chi connectivity index (χ1v) is 5.68. The van der Waals surface area contributed by atoms with Gasteiger partial charge in [-0.15, -0.1) is 0 Å². The number of amides is 2. The average Bonchev–Trinajstić information content (AvgIpc) is 2.62. The maximum Gasteiger partial charge on any atom is 0.320 e. The third-order valence-corrected chi connectivity index (χ3v) is 3.11. The summed E-state index contributed by atoms with van der Waals surface area (Å²) >= 11 is 0. The monoisotopic (exact) mass is 228 g/mol. The van der Waals surface area contributed by atoms with Crippen LogP contribution in [0.2, 0.25) is 0 Å². The van der Waals surface area contributed by atoms with E-state index in [2.05, 4.69) is 0 Å². The Balaban J connectivity index is 2.64. The molecule has 0 radical (unpaired) electrons. The van der Waals surface area contributed by atoms with Crippen molar-refractivity contribution < 1.29 is 14.7 Å². The van der Waals surface area contributed by atoms with E-state index < -0.39 is 5.97 Å². The quantitative estimate of drug-likeness (QED) is 0.794. The number of likely N-dealkylation sites (tertiary alicyclic amines) is 1. The number of carboxylic acid groups (broad SMARTS) is 1. The van der Waals surface area contributed by atoms with Gasteiger partial charge in [-0.2, -0.15) is 0 Å². The van der Waals surface area contributed by atoms with E-state index >= 15 is 0 Å². The van der Waals surface area contributed by atoms with E-state index in [4.69, 9.17) is 5.11 Å². The molecule has 1 aliphatic heterocycles. The number of carbonyl (C=O) groups excluding carboxylic acids is 1. The van der Waals surface area contributed by atoms with Crippen molar-refractivity contribution in [1.82, 2.24) is 9.80 Å². The summed E-state index contributed by atoms with van der Waals surface area (Å²) in [5.74, 6) is -0.836. The SMILES string of the molecule is CC(C)N(C)C(=O)N1CCCC1CC(=O)O. The van der Waals surface area contributed by atoms with Crippen LogP contribution in [-0.4, -0.2) is 52.6 Å². The Morgan fingerprint density at radius 3 is 2.62 bits per heavy atom. The second-order valence-corrected chi connectivity index (χ2v) is 4.57. The first-order valence-electron chi connectivity index (χ1n) is 5.68. The zero-order valence-electron chi connectivity index (χ0n) is 10.1. The molecule has 0 aromatic carbocycles. The van der Waals surface area contributed by atoms with Crippen molar-refractivity contribution in [2.45, 2.75) is 45.2 Å². The highest BCUT2D eigenvalue weighted by molar-refractivity contribution is 5.76. The number of aliphatic carboxylic acids is 1. The lowest BCUT2D eigenvalue weighted by atomic mass is 10.1. The molecule has 2 amide bonds. The fourth-order valence-corrected chi connectivity index (χ4v) is 1.92. The minimum absolute atomic E-state index is 0.0532. The molecule has 0 aromatic heterocycles. The van der Waals surface area contributed by atoms with Gasteiger partial charge < -0.3 is 14.9 Å². The Labute approximate surface area is 96.0 Å². The molecular formula is C11H20N2O3. The number of nitrogens with zero attached hydrogens (tertiary/aromatic N) is 2. The lowest BCUT2D eigenvalue weighted by Gasteiger charge is -2.31. The molecule has 0 aliphatic carbocycles. The summed E-state index contributed by atoms with van der Waals surface area (Å²) in [6.07, 6.45) is 1.75. The second-order valence-electron chi connectivity index (χ2n) is 4.57. The number of hydrogen-bond donors (Lipinski definition) is 1. The van der Waals surface area contributed by atoms with E-state index in [0.29, 0.717) is 6.54 Å². The summed E-state index contributed by atoms with van der Waals surface area (Å²) in [6.45, 7) is 4.56. The van der Waals surface area contributed by atoms with E-state index in [9.17, 15) is 9.59 Å². The van der Waals surface area contributed by atoms with Crippen molar-refractivity contribution in [2.24, 2.45) is 0 Å². The van der Waals surface area contributed by atoms with Gasteiger partial charge in [0, 0.05) is 25.7 Å². The molecule has 5 nitrogen and oxygen atoms in total. The molecule has 1 N–H and O–H groups in total. The third kappa shape index (κ3) is 2.87. The van der Waals surface area contributed by atoms with Crippen molar-refractivity contribution in [3.63, 3.8) is 0 Å². The van der Waals surface area contributed by atoms with Gasteiger partial charge in [0.25, 0.3) is 0 Å². The van der Waals surface area contributed by atoms with Crippen LogP contribution in [0.5, 0.6) is 0 Å². The van der Waals surface area contributed by atoms with Gasteiger partial charge in [0.2, 0.25) is 0 Å². The van der Waals surface area contributed by atoms with Gasteiger partial charge in [0.05, 0.1) is 6.42 Å². The minimum Gasteiger partial charge on any atom is -0.481 e. The van der Waals surface area contributed by atoms with Gasteiger partial charge in [-0.3, -0.25) is 4.79 Å². The molecule has 1 saturated heterocycles. The first-order chi connectivity index (χ1) is 7.43.